The van der Waals surface area contributed by atoms with E-state index >= 15 is 0 Å². The summed E-state index contributed by atoms with van der Waals surface area (Å²) in [5.41, 5.74) is -0.339. The van der Waals surface area contributed by atoms with Gasteiger partial charge in [0.25, 0.3) is 5.91 Å². The van der Waals surface area contributed by atoms with Crippen molar-refractivity contribution in [2.75, 3.05) is 4.90 Å². The first-order chi connectivity index (χ1) is 9.91. The number of urea groups is 1. The molecule has 1 heterocycles. The van der Waals surface area contributed by atoms with Gasteiger partial charge in [-0.2, -0.15) is 0 Å². The minimum absolute atomic E-state index is 0.197. The Kier molecular flexibility index (Phi) is 3.62. The maximum absolute atomic E-state index is 12.8. The Morgan fingerprint density at radius 3 is 2.52 bits per heavy atom. The third kappa shape index (κ3) is 2.51. The van der Waals surface area contributed by atoms with E-state index in [2.05, 4.69) is 12.2 Å². The zero-order chi connectivity index (χ0) is 15.2. The van der Waals surface area contributed by atoms with Crippen molar-refractivity contribution < 1.29 is 9.59 Å². The second-order valence-electron chi connectivity index (χ2n) is 5.98. The van der Waals surface area contributed by atoms with Gasteiger partial charge in [0, 0.05) is 10.0 Å². The molecule has 2 aliphatic rings. The summed E-state index contributed by atoms with van der Waals surface area (Å²) in [6.45, 7) is 2.11. The first-order valence-corrected chi connectivity index (χ1v) is 7.80. The van der Waals surface area contributed by atoms with Gasteiger partial charge in [-0.05, 0) is 37.0 Å². The summed E-state index contributed by atoms with van der Waals surface area (Å²) in [7, 11) is 0. The number of hydrogen-bond donors (Lipinski definition) is 1. The predicted molar refractivity (Wildman–Crippen MR) is 82.8 cm³/mol. The van der Waals surface area contributed by atoms with Crippen molar-refractivity contribution >= 4 is 40.8 Å². The van der Waals surface area contributed by atoms with Crippen LogP contribution in [0, 0.1) is 5.92 Å². The molecule has 3 amide bonds. The fourth-order valence-corrected chi connectivity index (χ4v) is 3.90. The van der Waals surface area contributed by atoms with Crippen LogP contribution < -0.4 is 10.2 Å². The Hall–Kier alpha value is -1.26. The second kappa shape index (κ2) is 5.18. The molecule has 6 heteroatoms. The lowest BCUT2D eigenvalue weighted by atomic mass is 9.76. The molecule has 1 aromatic carbocycles. The van der Waals surface area contributed by atoms with Gasteiger partial charge in [-0.1, -0.05) is 43.0 Å². The van der Waals surface area contributed by atoms with Gasteiger partial charge in [-0.3, -0.25) is 4.79 Å². The number of amides is 3. The molecule has 3 rings (SSSR count). The zero-order valence-electron chi connectivity index (χ0n) is 11.7. The Balaban J connectivity index is 1.97. The summed E-state index contributed by atoms with van der Waals surface area (Å²) < 4.78 is 0. The van der Waals surface area contributed by atoms with Crippen LogP contribution in [0.1, 0.15) is 32.6 Å². The van der Waals surface area contributed by atoms with E-state index in [-0.39, 0.29) is 5.91 Å². The van der Waals surface area contributed by atoms with E-state index in [4.69, 9.17) is 23.2 Å². The summed E-state index contributed by atoms with van der Waals surface area (Å²) in [5, 5.41) is 3.69. The van der Waals surface area contributed by atoms with E-state index in [9.17, 15) is 9.59 Å². The van der Waals surface area contributed by atoms with Crippen molar-refractivity contribution in [1.82, 2.24) is 5.32 Å². The molecule has 1 spiro atoms. The number of rotatable bonds is 1. The van der Waals surface area contributed by atoms with E-state index in [0.717, 1.165) is 17.7 Å². The van der Waals surface area contributed by atoms with E-state index in [1.54, 1.807) is 18.2 Å². The van der Waals surface area contributed by atoms with Crippen molar-refractivity contribution in [3.8, 4) is 0 Å². The molecule has 0 bridgehead atoms. The molecular weight excluding hydrogens is 311 g/mol. The normalized spacial score (nSPS) is 29.1. The molecule has 1 aromatic rings. The molecule has 0 aromatic heterocycles. The standard InChI is InChI=1S/C15H16Cl2N2O2/c1-9-3-2-4-15(8-9)13(20)19(14(21)18-15)12-6-10(16)5-11(17)7-12/h5-7,9H,2-4,8H2,1H3,(H,18,21). The highest BCUT2D eigenvalue weighted by atomic mass is 35.5. The number of carbonyl (C=O) groups is 2. The third-order valence-electron chi connectivity index (χ3n) is 4.26. The Labute approximate surface area is 133 Å². The smallest absolute Gasteiger partial charge is 0.323 e. The fraction of sp³-hybridized carbons (Fsp3) is 0.467. The van der Waals surface area contributed by atoms with Crippen LogP contribution in [-0.2, 0) is 4.79 Å². The first-order valence-electron chi connectivity index (χ1n) is 7.04. The van der Waals surface area contributed by atoms with Crippen LogP contribution in [0.25, 0.3) is 0 Å². The highest BCUT2D eigenvalue weighted by Crippen LogP contribution is 2.39. The van der Waals surface area contributed by atoms with E-state index in [0.29, 0.717) is 34.5 Å². The molecular formula is C15H16Cl2N2O2. The van der Waals surface area contributed by atoms with Gasteiger partial charge in [0.15, 0.2) is 0 Å². The summed E-state index contributed by atoms with van der Waals surface area (Å²) in [5.74, 6) is 0.225. The van der Waals surface area contributed by atoms with E-state index < -0.39 is 11.6 Å². The molecule has 2 fully saturated rings. The van der Waals surface area contributed by atoms with Crippen molar-refractivity contribution in [3.63, 3.8) is 0 Å². The predicted octanol–water partition coefficient (Wildman–Crippen LogP) is 4.00. The van der Waals surface area contributed by atoms with Gasteiger partial charge in [0.05, 0.1) is 5.69 Å². The van der Waals surface area contributed by atoms with Gasteiger partial charge < -0.3 is 5.32 Å². The van der Waals surface area contributed by atoms with Crippen LogP contribution in [0.15, 0.2) is 18.2 Å². The molecule has 1 aliphatic carbocycles. The Bertz CT molecular complexity index is 599. The molecule has 112 valence electrons. The van der Waals surface area contributed by atoms with E-state index in [1.807, 2.05) is 0 Å². The molecule has 2 unspecified atom stereocenters. The highest BCUT2D eigenvalue weighted by Gasteiger charge is 2.53. The number of nitrogens with zero attached hydrogens (tertiary/aromatic N) is 1. The lowest BCUT2D eigenvalue weighted by Gasteiger charge is -2.34. The molecule has 1 N–H and O–H groups in total. The summed E-state index contributed by atoms with van der Waals surface area (Å²) >= 11 is 11.9. The number of anilines is 1. The summed E-state index contributed by atoms with van der Waals surface area (Å²) in [6.07, 6.45) is 3.40. The van der Waals surface area contributed by atoms with Gasteiger partial charge in [-0.15, -0.1) is 0 Å². The molecule has 1 saturated carbocycles. The highest BCUT2D eigenvalue weighted by molar-refractivity contribution is 6.35. The number of imide groups is 1. The minimum Gasteiger partial charge on any atom is -0.323 e. The molecule has 2 atom stereocenters. The lowest BCUT2D eigenvalue weighted by molar-refractivity contribution is -0.123. The summed E-state index contributed by atoms with van der Waals surface area (Å²) in [4.78, 5) is 26.3. The number of halogens is 2. The van der Waals surface area contributed by atoms with Gasteiger partial charge >= 0.3 is 6.03 Å². The second-order valence-corrected chi connectivity index (χ2v) is 6.85. The van der Waals surface area contributed by atoms with Crippen LogP contribution in [0.4, 0.5) is 10.5 Å². The number of carbonyl (C=O) groups excluding carboxylic acids is 2. The van der Waals surface area contributed by atoms with Crippen molar-refractivity contribution in [2.45, 2.75) is 38.1 Å². The van der Waals surface area contributed by atoms with Crippen molar-refractivity contribution in [2.24, 2.45) is 5.92 Å². The van der Waals surface area contributed by atoms with E-state index in [1.165, 1.54) is 0 Å². The first kappa shape index (κ1) is 14.7. The van der Waals surface area contributed by atoms with Crippen molar-refractivity contribution in [1.29, 1.82) is 0 Å². The van der Waals surface area contributed by atoms with Gasteiger partial charge in [0.1, 0.15) is 5.54 Å². The largest absolute Gasteiger partial charge is 0.329 e. The maximum atomic E-state index is 12.8. The topological polar surface area (TPSA) is 49.4 Å². The molecule has 4 nitrogen and oxygen atoms in total. The fourth-order valence-electron chi connectivity index (χ4n) is 3.38. The quantitative estimate of drug-likeness (QED) is 0.793. The number of hydrogen-bond acceptors (Lipinski definition) is 2. The monoisotopic (exact) mass is 326 g/mol. The summed E-state index contributed by atoms with van der Waals surface area (Å²) in [6, 6.07) is 4.34. The van der Waals surface area contributed by atoms with Crippen LogP contribution in [0.2, 0.25) is 10.0 Å². The Morgan fingerprint density at radius 2 is 1.90 bits per heavy atom. The van der Waals surface area contributed by atoms with Crippen LogP contribution in [-0.4, -0.2) is 17.5 Å². The lowest BCUT2D eigenvalue weighted by Crippen LogP contribution is -2.50. The van der Waals surface area contributed by atoms with Crippen LogP contribution in [0.3, 0.4) is 0 Å². The zero-order valence-corrected chi connectivity index (χ0v) is 13.2. The van der Waals surface area contributed by atoms with Gasteiger partial charge in [0.2, 0.25) is 0 Å². The maximum Gasteiger partial charge on any atom is 0.329 e. The molecule has 0 radical (unpaired) electrons. The number of nitrogens with one attached hydrogen (secondary N) is 1. The molecule has 1 saturated heterocycles. The third-order valence-corrected chi connectivity index (χ3v) is 4.70. The minimum atomic E-state index is -0.760. The average Bonchev–Trinajstić information content (AvgIpc) is 2.59. The molecule has 1 aliphatic heterocycles. The molecule has 21 heavy (non-hydrogen) atoms. The number of benzene rings is 1. The van der Waals surface area contributed by atoms with Crippen molar-refractivity contribution in [3.05, 3.63) is 28.2 Å². The Morgan fingerprint density at radius 1 is 1.24 bits per heavy atom. The SMILES string of the molecule is CC1CCCC2(C1)NC(=O)N(c1cc(Cl)cc(Cl)c1)C2=O. The van der Waals surface area contributed by atoms with Crippen LogP contribution in [0.5, 0.6) is 0 Å². The average molecular weight is 327 g/mol. The van der Waals surface area contributed by atoms with Crippen LogP contribution >= 0.6 is 23.2 Å². The van der Waals surface area contributed by atoms with Gasteiger partial charge in [-0.25, -0.2) is 9.69 Å².